The van der Waals surface area contributed by atoms with E-state index in [0.29, 0.717) is 42.3 Å². The Kier molecular flexibility index (Phi) is 5.83. The first-order valence-corrected chi connectivity index (χ1v) is 10.3. The fourth-order valence-electron chi connectivity index (χ4n) is 3.48. The SMILES string of the molecule is CC(C)Cc1ccc(-c2nc(-c3ccc(CN4CC(C(=O)O)C4)nc3)no2)cc1Cl. The number of halogens is 1. The van der Waals surface area contributed by atoms with Crippen LogP contribution in [-0.4, -0.2) is 44.2 Å². The molecule has 30 heavy (non-hydrogen) atoms. The maximum atomic E-state index is 10.9. The molecule has 2 aromatic heterocycles. The van der Waals surface area contributed by atoms with Crippen molar-refractivity contribution in [1.82, 2.24) is 20.0 Å². The van der Waals surface area contributed by atoms with Crippen LogP contribution in [0.25, 0.3) is 22.8 Å². The Morgan fingerprint density at radius 3 is 2.67 bits per heavy atom. The van der Waals surface area contributed by atoms with Crippen molar-refractivity contribution in [3.63, 3.8) is 0 Å². The van der Waals surface area contributed by atoms with Crippen molar-refractivity contribution in [3.8, 4) is 22.8 Å². The van der Waals surface area contributed by atoms with E-state index in [4.69, 9.17) is 21.2 Å². The minimum Gasteiger partial charge on any atom is -0.481 e. The molecule has 8 heteroatoms. The summed E-state index contributed by atoms with van der Waals surface area (Å²) in [7, 11) is 0. The summed E-state index contributed by atoms with van der Waals surface area (Å²) in [5.74, 6) is 0.389. The number of aliphatic carboxylic acids is 1. The van der Waals surface area contributed by atoms with Gasteiger partial charge in [-0.1, -0.05) is 36.7 Å². The fourth-order valence-corrected chi connectivity index (χ4v) is 3.74. The summed E-state index contributed by atoms with van der Waals surface area (Å²) in [6, 6.07) is 9.60. The maximum Gasteiger partial charge on any atom is 0.309 e. The molecule has 156 valence electrons. The number of hydrogen-bond donors (Lipinski definition) is 1. The summed E-state index contributed by atoms with van der Waals surface area (Å²) in [5.41, 5.74) is 3.51. The van der Waals surface area contributed by atoms with Gasteiger partial charge in [0.25, 0.3) is 5.89 Å². The highest BCUT2D eigenvalue weighted by Gasteiger charge is 2.32. The second-order valence-electron chi connectivity index (χ2n) is 8.09. The smallest absolute Gasteiger partial charge is 0.309 e. The topological polar surface area (TPSA) is 92.4 Å². The van der Waals surface area contributed by atoms with Crippen LogP contribution >= 0.6 is 11.6 Å². The summed E-state index contributed by atoms with van der Waals surface area (Å²) in [6.07, 6.45) is 2.62. The fraction of sp³-hybridized carbons (Fsp3) is 0.364. The van der Waals surface area contributed by atoms with Gasteiger partial charge in [0.05, 0.1) is 11.6 Å². The number of pyridine rings is 1. The summed E-state index contributed by atoms with van der Waals surface area (Å²) >= 11 is 6.41. The first kappa shape index (κ1) is 20.5. The Balaban J connectivity index is 1.43. The third-order valence-electron chi connectivity index (χ3n) is 5.13. The monoisotopic (exact) mass is 426 g/mol. The van der Waals surface area contributed by atoms with Gasteiger partial charge in [-0.2, -0.15) is 4.98 Å². The molecule has 0 bridgehead atoms. The number of aromatic nitrogens is 3. The van der Waals surface area contributed by atoms with E-state index in [1.807, 2.05) is 30.3 Å². The lowest BCUT2D eigenvalue weighted by atomic mass is 10.0. The Morgan fingerprint density at radius 1 is 1.27 bits per heavy atom. The zero-order valence-corrected chi connectivity index (χ0v) is 17.6. The number of likely N-dealkylation sites (tertiary alicyclic amines) is 1. The molecular weight excluding hydrogens is 404 g/mol. The average molecular weight is 427 g/mol. The molecule has 0 atom stereocenters. The highest BCUT2D eigenvalue weighted by atomic mass is 35.5. The van der Waals surface area contributed by atoms with E-state index >= 15 is 0 Å². The Morgan fingerprint density at radius 2 is 2.03 bits per heavy atom. The lowest BCUT2D eigenvalue weighted by Crippen LogP contribution is -2.49. The molecule has 1 aromatic carbocycles. The number of carboxylic acid groups (broad SMARTS) is 1. The molecule has 0 unspecified atom stereocenters. The number of carbonyl (C=O) groups is 1. The van der Waals surface area contributed by atoms with Crippen molar-refractivity contribution in [3.05, 3.63) is 52.8 Å². The summed E-state index contributed by atoms with van der Waals surface area (Å²) in [6.45, 7) is 6.06. The van der Waals surface area contributed by atoms with Gasteiger partial charge in [0.1, 0.15) is 0 Å². The minimum atomic E-state index is -0.738. The molecule has 1 saturated heterocycles. The van der Waals surface area contributed by atoms with Gasteiger partial charge in [0.15, 0.2) is 0 Å². The molecule has 0 spiro atoms. The lowest BCUT2D eigenvalue weighted by Gasteiger charge is -2.36. The van der Waals surface area contributed by atoms with Gasteiger partial charge in [-0.15, -0.1) is 0 Å². The standard InChI is InChI=1S/C22H23ClN4O3/c1-13(2)7-14-3-4-15(8-19(14)23)21-25-20(26-30-21)16-5-6-18(24-9-16)12-27-10-17(11-27)22(28)29/h3-6,8-9,13,17H,7,10-12H2,1-2H3,(H,28,29). The molecule has 0 amide bonds. The number of nitrogens with zero attached hydrogens (tertiary/aromatic N) is 4. The second kappa shape index (κ2) is 8.53. The number of hydrogen-bond acceptors (Lipinski definition) is 6. The molecule has 0 aliphatic carbocycles. The van der Waals surface area contributed by atoms with Gasteiger partial charge >= 0.3 is 5.97 Å². The Labute approximate surface area is 179 Å². The number of benzene rings is 1. The van der Waals surface area contributed by atoms with Crippen LogP contribution in [0.2, 0.25) is 5.02 Å². The minimum absolute atomic E-state index is 0.269. The summed E-state index contributed by atoms with van der Waals surface area (Å²) in [4.78, 5) is 21.9. The predicted molar refractivity (Wildman–Crippen MR) is 113 cm³/mol. The van der Waals surface area contributed by atoms with Crippen LogP contribution in [0.4, 0.5) is 0 Å². The van der Waals surface area contributed by atoms with Crippen LogP contribution in [0.3, 0.4) is 0 Å². The Bertz CT molecular complexity index is 1040. The highest BCUT2D eigenvalue weighted by Crippen LogP contribution is 2.28. The predicted octanol–water partition coefficient (Wildman–Crippen LogP) is 4.17. The van der Waals surface area contributed by atoms with Crippen molar-refractivity contribution >= 4 is 17.6 Å². The average Bonchev–Trinajstić information content (AvgIpc) is 3.16. The molecule has 7 nitrogen and oxygen atoms in total. The summed E-state index contributed by atoms with van der Waals surface area (Å²) in [5, 5.41) is 13.7. The molecule has 3 heterocycles. The van der Waals surface area contributed by atoms with E-state index in [0.717, 1.165) is 28.8 Å². The van der Waals surface area contributed by atoms with Crippen LogP contribution < -0.4 is 0 Å². The first-order chi connectivity index (χ1) is 14.4. The van der Waals surface area contributed by atoms with Gasteiger partial charge < -0.3 is 9.63 Å². The molecule has 1 fully saturated rings. The second-order valence-corrected chi connectivity index (χ2v) is 8.50. The van der Waals surface area contributed by atoms with Gasteiger partial charge in [-0.3, -0.25) is 14.7 Å². The zero-order chi connectivity index (χ0) is 21.3. The molecule has 3 aromatic rings. The molecular formula is C22H23ClN4O3. The van der Waals surface area contributed by atoms with Gasteiger partial charge in [0.2, 0.25) is 5.82 Å². The van der Waals surface area contributed by atoms with E-state index in [1.54, 1.807) is 6.20 Å². The highest BCUT2D eigenvalue weighted by molar-refractivity contribution is 6.31. The van der Waals surface area contributed by atoms with Crippen LogP contribution in [0.15, 0.2) is 41.1 Å². The number of rotatable bonds is 7. The Hall–Kier alpha value is -2.77. The third-order valence-corrected chi connectivity index (χ3v) is 5.48. The van der Waals surface area contributed by atoms with Crippen molar-refractivity contribution in [2.24, 2.45) is 11.8 Å². The number of carboxylic acids is 1. The van der Waals surface area contributed by atoms with Crippen LogP contribution in [0.1, 0.15) is 25.1 Å². The maximum absolute atomic E-state index is 10.9. The molecule has 0 saturated carbocycles. The van der Waals surface area contributed by atoms with Crippen molar-refractivity contribution < 1.29 is 14.4 Å². The normalized spacial score (nSPS) is 14.8. The first-order valence-electron chi connectivity index (χ1n) is 9.92. The van der Waals surface area contributed by atoms with E-state index in [1.165, 1.54) is 0 Å². The molecule has 1 aliphatic heterocycles. The summed E-state index contributed by atoms with van der Waals surface area (Å²) < 4.78 is 5.43. The van der Waals surface area contributed by atoms with Crippen LogP contribution in [0, 0.1) is 11.8 Å². The van der Waals surface area contributed by atoms with Crippen molar-refractivity contribution in [2.45, 2.75) is 26.8 Å². The van der Waals surface area contributed by atoms with E-state index in [-0.39, 0.29) is 5.92 Å². The third kappa shape index (κ3) is 4.52. The zero-order valence-electron chi connectivity index (χ0n) is 16.9. The van der Waals surface area contributed by atoms with Gasteiger partial charge in [0, 0.05) is 42.0 Å². The van der Waals surface area contributed by atoms with E-state index in [2.05, 4.69) is 33.9 Å². The molecule has 1 N–H and O–H groups in total. The lowest BCUT2D eigenvalue weighted by molar-refractivity contribution is -0.147. The van der Waals surface area contributed by atoms with E-state index < -0.39 is 5.97 Å². The molecule has 4 rings (SSSR count). The van der Waals surface area contributed by atoms with Gasteiger partial charge in [-0.05, 0) is 42.2 Å². The van der Waals surface area contributed by atoms with Crippen molar-refractivity contribution in [2.75, 3.05) is 13.1 Å². The molecule has 1 aliphatic rings. The van der Waals surface area contributed by atoms with Crippen molar-refractivity contribution in [1.29, 1.82) is 0 Å². The van der Waals surface area contributed by atoms with Gasteiger partial charge in [-0.25, -0.2) is 0 Å². The van der Waals surface area contributed by atoms with E-state index in [9.17, 15) is 4.79 Å². The van der Waals surface area contributed by atoms with Crippen LogP contribution in [0.5, 0.6) is 0 Å². The molecule has 0 radical (unpaired) electrons. The quantitative estimate of drug-likeness (QED) is 0.606. The van der Waals surface area contributed by atoms with Crippen LogP contribution in [-0.2, 0) is 17.8 Å². The largest absolute Gasteiger partial charge is 0.481 e.